The van der Waals surface area contributed by atoms with Gasteiger partial charge in [0.2, 0.25) is 0 Å². The molecule has 88 valence electrons. The molecule has 0 radical (unpaired) electrons. The molecule has 0 aromatic carbocycles. The van der Waals surface area contributed by atoms with Gasteiger partial charge in [-0.2, -0.15) is 0 Å². The van der Waals surface area contributed by atoms with Crippen molar-refractivity contribution in [3.63, 3.8) is 0 Å². The zero-order chi connectivity index (χ0) is 11.2. The Morgan fingerprint density at radius 2 is 2.25 bits per heavy atom. The van der Waals surface area contributed by atoms with Crippen LogP contribution in [-0.2, 0) is 4.74 Å². The van der Waals surface area contributed by atoms with Gasteiger partial charge in [-0.3, -0.25) is 0 Å². The number of piperidine rings is 1. The number of alkyl halides is 1. The predicted octanol–water partition coefficient (Wildman–Crippen LogP) is 1.86. The summed E-state index contributed by atoms with van der Waals surface area (Å²) in [6, 6.07) is 1.96. The second-order valence-corrected chi connectivity index (χ2v) is 4.61. The Balaban J connectivity index is 1.81. The number of hydrogen-bond donors (Lipinski definition) is 0. The summed E-state index contributed by atoms with van der Waals surface area (Å²) in [7, 11) is 0. The van der Waals surface area contributed by atoms with E-state index < -0.39 is 0 Å². The van der Waals surface area contributed by atoms with Gasteiger partial charge in [-0.25, -0.2) is 9.97 Å². The van der Waals surface area contributed by atoms with Gasteiger partial charge < -0.3 is 9.64 Å². The van der Waals surface area contributed by atoms with Crippen LogP contribution in [0.5, 0.6) is 0 Å². The third-order valence-corrected chi connectivity index (χ3v) is 3.09. The highest BCUT2D eigenvalue weighted by molar-refractivity contribution is 9.09. The minimum Gasteiger partial charge on any atom is -0.377 e. The fraction of sp³-hybridized carbons (Fsp3) is 0.636. The number of rotatable bonds is 4. The van der Waals surface area contributed by atoms with Crippen molar-refractivity contribution < 1.29 is 4.74 Å². The van der Waals surface area contributed by atoms with Gasteiger partial charge in [0.05, 0.1) is 12.7 Å². The van der Waals surface area contributed by atoms with E-state index in [1.54, 1.807) is 12.5 Å². The second kappa shape index (κ2) is 6.15. The topological polar surface area (TPSA) is 38.2 Å². The summed E-state index contributed by atoms with van der Waals surface area (Å²) < 4.78 is 5.71. The quantitative estimate of drug-likeness (QED) is 0.792. The normalized spacial score (nSPS) is 17.7. The standard InChI is InChI=1S/C11H16BrN3O/c12-4-8-16-10-2-6-15(7-3-10)11-1-5-13-9-14-11/h1,5,9-10H,2-4,6-8H2. The van der Waals surface area contributed by atoms with Crippen molar-refractivity contribution in [2.75, 3.05) is 29.9 Å². The molecule has 4 nitrogen and oxygen atoms in total. The largest absolute Gasteiger partial charge is 0.377 e. The van der Waals surface area contributed by atoms with E-state index in [4.69, 9.17) is 4.74 Å². The third kappa shape index (κ3) is 3.15. The summed E-state index contributed by atoms with van der Waals surface area (Å²) in [6.07, 6.45) is 5.96. The van der Waals surface area contributed by atoms with Gasteiger partial charge in [0.1, 0.15) is 12.1 Å². The Labute approximate surface area is 104 Å². The maximum absolute atomic E-state index is 5.71. The molecule has 0 bridgehead atoms. The van der Waals surface area contributed by atoms with Crippen LogP contribution in [0.15, 0.2) is 18.6 Å². The lowest BCUT2D eigenvalue weighted by atomic mass is 10.1. The first kappa shape index (κ1) is 11.8. The van der Waals surface area contributed by atoms with Gasteiger partial charge in [-0.1, -0.05) is 15.9 Å². The van der Waals surface area contributed by atoms with Crippen LogP contribution in [0.4, 0.5) is 5.82 Å². The number of aromatic nitrogens is 2. The Morgan fingerprint density at radius 1 is 1.44 bits per heavy atom. The summed E-state index contributed by atoms with van der Waals surface area (Å²) in [5.41, 5.74) is 0. The first-order chi connectivity index (χ1) is 7.90. The lowest BCUT2D eigenvalue weighted by molar-refractivity contribution is 0.0480. The van der Waals surface area contributed by atoms with Crippen molar-refractivity contribution >= 4 is 21.7 Å². The molecule has 2 heterocycles. The monoisotopic (exact) mass is 285 g/mol. The minimum atomic E-state index is 0.413. The van der Waals surface area contributed by atoms with E-state index in [2.05, 4.69) is 30.8 Å². The third-order valence-electron chi connectivity index (χ3n) is 2.76. The van der Waals surface area contributed by atoms with Crippen molar-refractivity contribution in [3.05, 3.63) is 18.6 Å². The van der Waals surface area contributed by atoms with Crippen LogP contribution >= 0.6 is 15.9 Å². The molecule has 16 heavy (non-hydrogen) atoms. The highest BCUT2D eigenvalue weighted by Crippen LogP contribution is 2.18. The number of ether oxygens (including phenoxy) is 1. The Hall–Kier alpha value is -0.680. The maximum atomic E-state index is 5.71. The number of hydrogen-bond acceptors (Lipinski definition) is 4. The van der Waals surface area contributed by atoms with Crippen molar-refractivity contribution in [1.82, 2.24) is 9.97 Å². The molecule has 0 spiro atoms. The molecule has 2 rings (SSSR count). The zero-order valence-electron chi connectivity index (χ0n) is 9.18. The van der Waals surface area contributed by atoms with Crippen molar-refractivity contribution in [3.8, 4) is 0 Å². The molecule has 1 fully saturated rings. The summed E-state index contributed by atoms with van der Waals surface area (Å²) in [5.74, 6) is 1.02. The van der Waals surface area contributed by atoms with Crippen LogP contribution in [0.1, 0.15) is 12.8 Å². The molecule has 1 saturated heterocycles. The Kier molecular flexibility index (Phi) is 4.54. The van der Waals surface area contributed by atoms with Crippen LogP contribution in [0.3, 0.4) is 0 Å². The first-order valence-corrected chi connectivity index (χ1v) is 6.71. The average molecular weight is 286 g/mol. The van der Waals surface area contributed by atoms with Crippen LogP contribution < -0.4 is 4.90 Å². The molecule has 5 heteroatoms. The highest BCUT2D eigenvalue weighted by atomic mass is 79.9. The molecule has 0 saturated carbocycles. The van der Waals surface area contributed by atoms with Crippen LogP contribution in [0, 0.1) is 0 Å². The second-order valence-electron chi connectivity index (χ2n) is 3.81. The number of nitrogens with zero attached hydrogens (tertiary/aromatic N) is 3. The molecule has 1 aromatic rings. The summed E-state index contributed by atoms with van der Waals surface area (Å²) in [5, 5.41) is 0.916. The van der Waals surface area contributed by atoms with E-state index in [0.29, 0.717) is 6.10 Å². The maximum Gasteiger partial charge on any atom is 0.131 e. The lowest BCUT2D eigenvalue weighted by Crippen LogP contribution is -2.37. The van der Waals surface area contributed by atoms with Gasteiger partial charge in [0.25, 0.3) is 0 Å². The molecule has 0 atom stereocenters. The molecule has 1 aliphatic heterocycles. The fourth-order valence-corrected chi connectivity index (χ4v) is 2.12. The SMILES string of the molecule is BrCCOC1CCN(c2ccncn2)CC1. The first-order valence-electron chi connectivity index (χ1n) is 5.58. The summed E-state index contributed by atoms with van der Waals surface area (Å²) >= 11 is 3.37. The van der Waals surface area contributed by atoms with E-state index in [-0.39, 0.29) is 0 Å². The molecule has 1 aliphatic rings. The highest BCUT2D eigenvalue weighted by Gasteiger charge is 2.20. The van der Waals surface area contributed by atoms with Gasteiger partial charge in [-0.05, 0) is 18.9 Å². The molecular weight excluding hydrogens is 270 g/mol. The van der Waals surface area contributed by atoms with Gasteiger partial charge in [0.15, 0.2) is 0 Å². The minimum absolute atomic E-state index is 0.413. The molecule has 1 aromatic heterocycles. The molecule has 0 aliphatic carbocycles. The van der Waals surface area contributed by atoms with Crippen LogP contribution in [0.2, 0.25) is 0 Å². The van der Waals surface area contributed by atoms with Crippen molar-refractivity contribution in [2.24, 2.45) is 0 Å². The van der Waals surface area contributed by atoms with Gasteiger partial charge >= 0.3 is 0 Å². The van der Waals surface area contributed by atoms with E-state index in [1.807, 2.05) is 6.07 Å². The van der Waals surface area contributed by atoms with Crippen LogP contribution in [-0.4, -0.2) is 41.1 Å². The van der Waals surface area contributed by atoms with Crippen LogP contribution in [0.25, 0.3) is 0 Å². The molecule has 0 N–H and O–H groups in total. The Morgan fingerprint density at radius 3 is 2.88 bits per heavy atom. The molecule has 0 unspecified atom stereocenters. The number of halogens is 1. The predicted molar refractivity (Wildman–Crippen MR) is 67.0 cm³/mol. The summed E-state index contributed by atoms with van der Waals surface area (Å²) in [4.78, 5) is 10.5. The van der Waals surface area contributed by atoms with Gasteiger partial charge in [-0.15, -0.1) is 0 Å². The fourth-order valence-electron chi connectivity index (χ4n) is 1.93. The summed E-state index contributed by atoms with van der Waals surface area (Å²) in [6.45, 7) is 2.84. The Bertz CT molecular complexity index is 301. The number of anilines is 1. The average Bonchev–Trinajstić information content (AvgIpc) is 2.38. The van der Waals surface area contributed by atoms with E-state index in [0.717, 1.165) is 43.7 Å². The van der Waals surface area contributed by atoms with Crippen molar-refractivity contribution in [2.45, 2.75) is 18.9 Å². The molecular formula is C11H16BrN3O. The van der Waals surface area contributed by atoms with E-state index in [1.165, 1.54) is 0 Å². The van der Waals surface area contributed by atoms with Gasteiger partial charge in [0, 0.05) is 24.6 Å². The smallest absolute Gasteiger partial charge is 0.131 e. The van der Waals surface area contributed by atoms with Crippen molar-refractivity contribution in [1.29, 1.82) is 0 Å². The van der Waals surface area contributed by atoms with E-state index >= 15 is 0 Å². The van der Waals surface area contributed by atoms with E-state index in [9.17, 15) is 0 Å². The zero-order valence-corrected chi connectivity index (χ0v) is 10.8. The molecule has 0 amide bonds. The lowest BCUT2D eigenvalue weighted by Gasteiger charge is -2.32.